The molecule has 1 aliphatic heterocycles. The molecular formula is C12H14F3NO2. The van der Waals surface area contributed by atoms with E-state index in [1.54, 1.807) is 13.0 Å². The van der Waals surface area contributed by atoms with Crippen LogP contribution in [0.4, 0.5) is 13.2 Å². The average molecular weight is 261 g/mol. The largest absolute Gasteiger partial charge is 0.416 e. The molecule has 18 heavy (non-hydrogen) atoms. The molecule has 3 nitrogen and oxygen atoms in total. The van der Waals surface area contributed by atoms with Crippen LogP contribution in [0.25, 0.3) is 0 Å². The van der Waals surface area contributed by atoms with Crippen molar-refractivity contribution in [3.63, 3.8) is 0 Å². The van der Waals surface area contributed by atoms with E-state index in [4.69, 9.17) is 15.2 Å². The molecule has 6 heteroatoms. The van der Waals surface area contributed by atoms with E-state index in [1.165, 1.54) is 6.07 Å². The minimum absolute atomic E-state index is 0.272. The summed E-state index contributed by atoms with van der Waals surface area (Å²) in [7, 11) is 0. The van der Waals surface area contributed by atoms with Crippen LogP contribution < -0.4 is 5.73 Å². The molecule has 1 heterocycles. The van der Waals surface area contributed by atoms with Crippen LogP contribution in [0.5, 0.6) is 0 Å². The zero-order valence-corrected chi connectivity index (χ0v) is 9.83. The molecule has 2 N–H and O–H groups in total. The van der Waals surface area contributed by atoms with Crippen molar-refractivity contribution >= 4 is 0 Å². The maximum absolute atomic E-state index is 12.6. The Morgan fingerprint density at radius 2 is 2.17 bits per heavy atom. The molecule has 0 aliphatic carbocycles. The number of benzene rings is 1. The van der Waals surface area contributed by atoms with Gasteiger partial charge in [-0.1, -0.05) is 12.1 Å². The molecule has 1 aromatic carbocycles. The van der Waals surface area contributed by atoms with E-state index >= 15 is 0 Å². The molecule has 2 unspecified atom stereocenters. The summed E-state index contributed by atoms with van der Waals surface area (Å²) in [5, 5.41) is 0. The predicted octanol–water partition coefficient (Wildman–Crippen LogP) is 2.25. The van der Waals surface area contributed by atoms with E-state index in [-0.39, 0.29) is 19.3 Å². The van der Waals surface area contributed by atoms with Crippen molar-refractivity contribution in [2.45, 2.75) is 25.0 Å². The first-order valence-corrected chi connectivity index (χ1v) is 5.55. The predicted molar refractivity (Wildman–Crippen MR) is 58.7 cm³/mol. The van der Waals surface area contributed by atoms with E-state index in [9.17, 15) is 13.2 Å². The number of halogens is 3. The quantitative estimate of drug-likeness (QED) is 0.888. The molecule has 0 saturated carbocycles. The highest BCUT2D eigenvalue weighted by molar-refractivity contribution is 5.29. The molecule has 1 saturated heterocycles. The topological polar surface area (TPSA) is 44.5 Å². The molecule has 0 amide bonds. The summed E-state index contributed by atoms with van der Waals surface area (Å²) < 4.78 is 48.8. The first-order valence-electron chi connectivity index (χ1n) is 5.55. The highest BCUT2D eigenvalue weighted by atomic mass is 19.4. The summed E-state index contributed by atoms with van der Waals surface area (Å²) in [5.41, 5.74) is 5.07. The number of ether oxygens (including phenoxy) is 2. The third kappa shape index (κ3) is 2.50. The van der Waals surface area contributed by atoms with Crippen molar-refractivity contribution in [1.29, 1.82) is 0 Å². The van der Waals surface area contributed by atoms with Gasteiger partial charge in [0.25, 0.3) is 0 Å². The van der Waals surface area contributed by atoms with Crippen molar-refractivity contribution in [2.24, 2.45) is 5.73 Å². The molecule has 0 radical (unpaired) electrons. The Morgan fingerprint density at radius 1 is 1.44 bits per heavy atom. The first-order chi connectivity index (χ1) is 8.35. The molecular weight excluding hydrogens is 247 g/mol. The molecule has 100 valence electrons. The lowest BCUT2D eigenvalue weighted by atomic mass is 10.0. The summed E-state index contributed by atoms with van der Waals surface area (Å²) in [6, 6.07) is 4.95. The van der Waals surface area contributed by atoms with Gasteiger partial charge in [0.1, 0.15) is 0 Å². The van der Waals surface area contributed by atoms with E-state index in [1.807, 2.05) is 0 Å². The van der Waals surface area contributed by atoms with Crippen molar-refractivity contribution in [2.75, 3.05) is 13.2 Å². The Hall–Kier alpha value is -1.11. The van der Waals surface area contributed by atoms with E-state index in [0.29, 0.717) is 5.56 Å². The number of alkyl halides is 3. The summed E-state index contributed by atoms with van der Waals surface area (Å²) >= 11 is 0. The lowest BCUT2D eigenvalue weighted by Gasteiger charge is -2.24. The third-order valence-corrected chi connectivity index (χ3v) is 2.91. The summed E-state index contributed by atoms with van der Waals surface area (Å²) in [6.07, 6.45) is -4.66. The third-order valence-electron chi connectivity index (χ3n) is 2.91. The van der Waals surface area contributed by atoms with Crippen LogP contribution in [0, 0.1) is 0 Å². The molecule has 1 aliphatic rings. The maximum atomic E-state index is 12.6. The number of rotatable bonds is 2. The van der Waals surface area contributed by atoms with Gasteiger partial charge in [-0.2, -0.15) is 13.2 Å². The highest BCUT2D eigenvalue weighted by Crippen LogP contribution is 2.37. The van der Waals surface area contributed by atoms with Crippen LogP contribution in [0.2, 0.25) is 0 Å². The first kappa shape index (κ1) is 13.3. The Morgan fingerprint density at radius 3 is 2.72 bits per heavy atom. The fourth-order valence-corrected chi connectivity index (χ4v) is 1.88. The molecule has 0 aromatic heterocycles. The van der Waals surface area contributed by atoms with Crippen molar-refractivity contribution in [3.8, 4) is 0 Å². The minimum atomic E-state index is -4.38. The maximum Gasteiger partial charge on any atom is 0.416 e. The Labute approximate surface area is 103 Å². The summed E-state index contributed by atoms with van der Waals surface area (Å²) in [5.74, 6) is -1.16. The smallest absolute Gasteiger partial charge is 0.343 e. The second-order valence-electron chi connectivity index (χ2n) is 4.31. The number of hydrogen-bond acceptors (Lipinski definition) is 3. The lowest BCUT2D eigenvalue weighted by molar-refractivity contribution is -0.161. The van der Waals surface area contributed by atoms with Gasteiger partial charge in [-0.05, 0) is 19.1 Å². The standard InChI is InChI=1S/C12H14F3NO2/c1-11(17-7-10(6-16)18-11)8-3-2-4-9(5-8)12(13,14)15/h2-5,10H,6-7,16H2,1H3. The molecule has 2 atom stereocenters. The number of nitrogens with two attached hydrogens (primary N) is 1. The second-order valence-corrected chi connectivity index (χ2v) is 4.31. The number of hydrogen-bond donors (Lipinski definition) is 1. The molecule has 0 spiro atoms. The Kier molecular flexibility index (Phi) is 3.35. The van der Waals surface area contributed by atoms with Crippen LogP contribution in [0.3, 0.4) is 0 Å². The average Bonchev–Trinajstić information content (AvgIpc) is 2.72. The fourth-order valence-electron chi connectivity index (χ4n) is 1.88. The zero-order valence-electron chi connectivity index (χ0n) is 9.83. The summed E-state index contributed by atoms with van der Waals surface area (Å²) in [6.45, 7) is 2.15. The van der Waals surface area contributed by atoms with Crippen molar-refractivity contribution in [3.05, 3.63) is 35.4 Å². The van der Waals surface area contributed by atoms with E-state index in [2.05, 4.69) is 0 Å². The van der Waals surface area contributed by atoms with Crippen LogP contribution >= 0.6 is 0 Å². The van der Waals surface area contributed by atoms with Gasteiger partial charge < -0.3 is 15.2 Å². The van der Waals surface area contributed by atoms with Gasteiger partial charge in [0.2, 0.25) is 0 Å². The van der Waals surface area contributed by atoms with Crippen LogP contribution in [0.1, 0.15) is 18.1 Å². The molecule has 0 bridgehead atoms. The molecule has 2 rings (SSSR count). The SMILES string of the molecule is CC1(c2cccc(C(F)(F)F)c2)OCC(CN)O1. The molecule has 1 fully saturated rings. The fraction of sp³-hybridized carbons (Fsp3) is 0.500. The van der Waals surface area contributed by atoms with Gasteiger partial charge in [-0.15, -0.1) is 0 Å². The van der Waals surface area contributed by atoms with E-state index < -0.39 is 17.5 Å². The minimum Gasteiger partial charge on any atom is -0.343 e. The lowest BCUT2D eigenvalue weighted by Crippen LogP contribution is -2.27. The monoisotopic (exact) mass is 261 g/mol. The van der Waals surface area contributed by atoms with Crippen LogP contribution in [0.15, 0.2) is 24.3 Å². The van der Waals surface area contributed by atoms with Gasteiger partial charge in [-0.25, -0.2) is 0 Å². The van der Waals surface area contributed by atoms with Gasteiger partial charge >= 0.3 is 6.18 Å². The molecule has 1 aromatic rings. The van der Waals surface area contributed by atoms with E-state index in [0.717, 1.165) is 12.1 Å². The van der Waals surface area contributed by atoms with Crippen LogP contribution in [-0.2, 0) is 21.4 Å². The van der Waals surface area contributed by atoms with Gasteiger partial charge in [0.05, 0.1) is 18.3 Å². The second kappa shape index (κ2) is 4.53. The van der Waals surface area contributed by atoms with Crippen molar-refractivity contribution < 1.29 is 22.6 Å². The van der Waals surface area contributed by atoms with Gasteiger partial charge in [-0.3, -0.25) is 0 Å². The highest BCUT2D eigenvalue weighted by Gasteiger charge is 2.40. The Balaban J connectivity index is 2.29. The van der Waals surface area contributed by atoms with Gasteiger partial charge in [0, 0.05) is 12.1 Å². The Bertz CT molecular complexity index is 436. The van der Waals surface area contributed by atoms with Crippen LogP contribution in [-0.4, -0.2) is 19.3 Å². The summed E-state index contributed by atoms with van der Waals surface area (Å²) in [4.78, 5) is 0. The van der Waals surface area contributed by atoms with Crippen molar-refractivity contribution in [1.82, 2.24) is 0 Å². The zero-order chi connectivity index (χ0) is 13.4. The normalized spacial score (nSPS) is 28.6. The van der Waals surface area contributed by atoms with Gasteiger partial charge in [0.15, 0.2) is 5.79 Å².